The van der Waals surface area contributed by atoms with Crippen LogP contribution in [-0.4, -0.2) is 32.1 Å². The number of hydrogen-bond acceptors (Lipinski definition) is 2. The second-order valence-electron chi connectivity index (χ2n) is 5.19. The van der Waals surface area contributed by atoms with E-state index in [1.165, 1.54) is 5.69 Å². The minimum Gasteiger partial charge on any atom is -0.385 e. The number of nitrogens with one attached hydrogen (secondary N) is 3. The van der Waals surface area contributed by atoms with Crippen LogP contribution in [-0.2, 0) is 0 Å². The van der Waals surface area contributed by atoms with Crippen LogP contribution < -0.4 is 16.0 Å². The Hall–Kier alpha value is -0.980. The SMILES string of the molecule is CCNC(=NCC(C)C)NCCCNc1ccccc1.I. The molecule has 0 aliphatic rings. The Kier molecular flexibility index (Phi) is 12.1. The van der Waals surface area contributed by atoms with Crippen LogP contribution in [0.15, 0.2) is 35.3 Å². The van der Waals surface area contributed by atoms with Gasteiger partial charge in [0, 0.05) is 31.9 Å². The van der Waals surface area contributed by atoms with Crippen molar-refractivity contribution in [3.63, 3.8) is 0 Å². The van der Waals surface area contributed by atoms with Crippen molar-refractivity contribution in [3.05, 3.63) is 30.3 Å². The molecule has 0 atom stereocenters. The normalized spacial score (nSPS) is 11.0. The van der Waals surface area contributed by atoms with Gasteiger partial charge in [0.2, 0.25) is 0 Å². The number of benzene rings is 1. The van der Waals surface area contributed by atoms with Crippen LogP contribution >= 0.6 is 24.0 Å². The third-order valence-corrected chi connectivity index (χ3v) is 2.71. The number of para-hydroxylation sites is 1. The van der Waals surface area contributed by atoms with Gasteiger partial charge in [0.15, 0.2) is 5.96 Å². The molecule has 0 aromatic heterocycles. The Bertz CT molecular complexity index is 379. The summed E-state index contributed by atoms with van der Waals surface area (Å²) in [5, 5.41) is 10.0. The fourth-order valence-electron chi connectivity index (χ4n) is 1.70. The minimum atomic E-state index is 0. The molecule has 0 saturated carbocycles. The lowest BCUT2D eigenvalue weighted by atomic mass is 10.2. The fraction of sp³-hybridized carbons (Fsp3) is 0.562. The number of aliphatic imine (C=N–C) groups is 1. The van der Waals surface area contributed by atoms with Crippen LogP contribution in [0.5, 0.6) is 0 Å². The van der Waals surface area contributed by atoms with Crippen molar-refractivity contribution >= 4 is 35.6 Å². The van der Waals surface area contributed by atoms with Gasteiger partial charge < -0.3 is 16.0 Å². The van der Waals surface area contributed by atoms with Crippen molar-refractivity contribution in [2.24, 2.45) is 10.9 Å². The molecular weight excluding hydrogens is 375 g/mol. The molecule has 0 bridgehead atoms. The van der Waals surface area contributed by atoms with Crippen LogP contribution in [0.2, 0.25) is 0 Å². The predicted octanol–water partition coefficient (Wildman–Crippen LogP) is 3.32. The average molecular weight is 404 g/mol. The summed E-state index contributed by atoms with van der Waals surface area (Å²) >= 11 is 0. The molecule has 0 saturated heterocycles. The Balaban J connectivity index is 0.00000400. The zero-order valence-corrected chi connectivity index (χ0v) is 15.7. The summed E-state index contributed by atoms with van der Waals surface area (Å²) in [5.74, 6) is 1.51. The van der Waals surface area contributed by atoms with Gasteiger partial charge in [-0.3, -0.25) is 4.99 Å². The first kappa shape index (κ1) is 20.0. The zero-order chi connectivity index (χ0) is 14.6. The summed E-state index contributed by atoms with van der Waals surface area (Å²) in [6.07, 6.45) is 1.06. The molecule has 21 heavy (non-hydrogen) atoms. The first-order chi connectivity index (χ1) is 9.72. The first-order valence-electron chi connectivity index (χ1n) is 7.53. The van der Waals surface area contributed by atoms with Crippen LogP contribution in [0, 0.1) is 5.92 Å². The Morgan fingerprint density at radius 3 is 2.43 bits per heavy atom. The highest BCUT2D eigenvalue weighted by Gasteiger charge is 1.97. The first-order valence-corrected chi connectivity index (χ1v) is 7.53. The molecule has 0 radical (unpaired) electrons. The van der Waals surface area contributed by atoms with Gasteiger partial charge in [-0.25, -0.2) is 0 Å². The van der Waals surface area contributed by atoms with E-state index < -0.39 is 0 Å². The number of nitrogens with zero attached hydrogens (tertiary/aromatic N) is 1. The summed E-state index contributed by atoms with van der Waals surface area (Å²) in [6, 6.07) is 10.3. The molecule has 120 valence electrons. The van der Waals surface area contributed by atoms with Crippen molar-refractivity contribution in [1.82, 2.24) is 10.6 Å². The largest absolute Gasteiger partial charge is 0.385 e. The molecule has 0 spiro atoms. The maximum atomic E-state index is 4.54. The molecule has 1 aromatic carbocycles. The third kappa shape index (κ3) is 10.4. The Labute approximate surface area is 146 Å². The molecule has 3 N–H and O–H groups in total. The van der Waals surface area contributed by atoms with Gasteiger partial charge in [0.1, 0.15) is 0 Å². The highest BCUT2D eigenvalue weighted by Crippen LogP contribution is 2.04. The summed E-state index contributed by atoms with van der Waals surface area (Å²) in [6.45, 7) is 10.1. The van der Waals surface area contributed by atoms with Crippen LogP contribution in [0.1, 0.15) is 27.2 Å². The second-order valence-corrected chi connectivity index (χ2v) is 5.19. The summed E-state index contributed by atoms with van der Waals surface area (Å²) in [4.78, 5) is 4.54. The van der Waals surface area contributed by atoms with Crippen molar-refractivity contribution in [2.75, 3.05) is 31.5 Å². The molecule has 0 aliphatic carbocycles. The van der Waals surface area contributed by atoms with E-state index >= 15 is 0 Å². The van der Waals surface area contributed by atoms with Crippen LogP contribution in [0.3, 0.4) is 0 Å². The molecule has 0 amide bonds. The van der Waals surface area contributed by atoms with Crippen molar-refractivity contribution in [2.45, 2.75) is 27.2 Å². The van der Waals surface area contributed by atoms with Gasteiger partial charge in [0.25, 0.3) is 0 Å². The molecule has 0 heterocycles. The monoisotopic (exact) mass is 404 g/mol. The van der Waals surface area contributed by atoms with E-state index in [0.29, 0.717) is 5.92 Å². The summed E-state index contributed by atoms with van der Waals surface area (Å²) in [7, 11) is 0. The van der Waals surface area contributed by atoms with Crippen molar-refractivity contribution in [1.29, 1.82) is 0 Å². The van der Waals surface area contributed by atoms with Gasteiger partial charge in [-0.1, -0.05) is 32.0 Å². The second kappa shape index (κ2) is 12.7. The maximum Gasteiger partial charge on any atom is 0.191 e. The molecule has 5 heteroatoms. The lowest BCUT2D eigenvalue weighted by Crippen LogP contribution is -2.38. The van der Waals surface area contributed by atoms with Gasteiger partial charge >= 0.3 is 0 Å². The highest BCUT2D eigenvalue weighted by atomic mass is 127. The van der Waals surface area contributed by atoms with E-state index in [1.807, 2.05) is 18.2 Å². The highest BCUT2D eigenvalue weighted by molar-refractivity contribution is 14.0. The van der Waals surface area contributed by atoms with E-state index in [-0.39, 0.29) is 24.0 Å². The minimum absolute atomic E-state index is 0. The van der Waals surface area contributed by atoms with Gasteiger partial charge in [-0.2, -0.15) is 0 Å². The lowest BCUT2D eigenvalue weighted by molar-refractivity contribution is 0.655. The molecular formula is C16H29IN4. The molecule has 1 rings (SSSR count). The van der Waals surface area contributed by atoms with E-state index in [4.69, 9.17) is 0 Å². The molecule has 0 fully saturated rings. The number of halogens is 1. The van der Waals surface area contributed by atoms with E-state index in [1.54, 1.807) is 0 Å². The van der Waals surface area contributed by atoms with Crippen molar-refractivity contribution in [3.8, 4) is 0 Å². The third-order valence-electron chi connectivity index (χ3n) is 2.71. The Morgan fingerprint density at radius 1 is 1.10 bits per heavy atom. The summed E-state index contributed by atoms with van der Waals surface area (Å²) < 4.78 is 0. The van der Waals surface area contributed by atoms with E-state index in [2.05, 4.69) is 53.8 Å². The number of guanidine groups is 1. The number of hydrogen-bond donors (Lipinski definition) is 3. The smallest absolute Gasteiger partial charge is 0.191 e. The average Bonchev–Trinajstić information content (AvgIpc) is 2.45. The quantitative estimate of drug-likeness (QED) is 0.270. The molecule has 0 unspecified atom stereocenters. The van der Waals surface area contributed by atoms with Gasteiger partial charge in [-0.05, 0) is 31.4 Å². The molecule has 1 aromatic rings. The predicted molar refractivity (Wildman–Crippen MR) is 104 cm³/mol. The van der Waals surface area contributed by atoms with E-state index in [0.717, 1.165) is 38.6 Å². The lowest BCUT2D eigenvalue weighted by Gasteiger charge is -2.12. The van der Waals surface area contributed by atoms with Crippen molar-refractivity contribution < 1.29 is 0 Å². The van der Waals surface area contributed by atoms with Gasteiger partial charge in [0.05, 0.1) is 0 Å². The summed E-state index contributed by atoms with van der Waals surface area (Å²) in [5.41, 5.74) is 1.17. The Morgan fingerprint density at radius 2 is 1.81 bits per heavy atom. The molecule has 4 nitrogen and oxygen atoms in total. The number of anilines is 1. The topological polar surface area (TPSA) is 48.5 Å². The van der Waals surface area contributed by atoms with Crippen LogP contribution in [0.4, 0.5) is 5.69 Å². The van der Waals surface area contributed by atoms with Gasteiger partial charge in [-0.15, -0.1) is 24.0 Å². The molecule has 0 aliphatic heterocycles. The standard InChI is InChI=1S/C16H28N4.HI/c1-4-17-16(20-13-14(2)3)19-12-8-11-18-15-9-6-5-7-10-15;/h5-7,9-10,14,18H,4,8,11-13H2,1-3H3,(H2,17,19,20);1H. The maximum absolute atomic E-state index is 4.54. The van der Waals surface area contributed by atoms with Crippen LogP contribution in [0.25, 0.3) is 0 Å². The fourth-order valence-corrected chi connectivity index (χ4v) is 1.70. The van der Waals surface area contributed by atoms with E-state index in [9.17, 15) is 0 Å². The number of rotatable bonds is 8. The zero-order valence-electron chi connectivity index (χ0n) is 13.4.